The Kier molecular flexibility index (Phi) is 5.16. The molecule has 8 nitrogen and oxygen atoms in total. The van der Waals surface area contributed by atoms with Gasteiger partial charge in [0, 0.05) is 0 Å². The van der Waals surface area contributed by atoms with E-state index in [4.69, 9.17) is 10.2 Å². The number of aryl methyl sites for hydroxylation is 2. The van der Waals surface area contributed by atoms with Crippen LogP contribution in [0.15, 0.2) is 0 Å². The van der Waals surface area contributed by atoms with Crippen molar-refractivity contribution in [2.75, 3.05) is 18.0 Å². The van der Waals surface area contributed by atoms with Gasteiger partial charge in [0.25, 0.3) is 0 Å². The predicted octanol–water partition coefficient (Wildman–Crippen LogP) is -0.0280. The first-order valence-corrected chi connectivity index (χ1v) is 5.88. The zero-order valence-electron chi connectivity index (χ0n) is 10.8. The predicted molar refractivity (Wildman–Crippen MR) is 66.1 cm³/mol. The molecule has 0 spiro atoms. The maximum Gasteiger partial charge on any atom is 0.323 e. The quantitative estimate of drug-likeness (QED) is 0.708. The first-order chi connectivity index (χ1) is 8.97. The van der Waals surface area contributed by atoms with Crippen molar-refractivity contribution in [2.24, 2.45) is 0 Å². The maximum atomic E-state index is 10.7. The summed E-state index contributed by atoms with van der Waals surface area (Å²) in [4.78, 5) is 26.7. The Hall–Kier alpha value is -2.25. The molecule has 2 N–H and O–H groups in total. The van der Waals surface area contributed by atoms with Gasteiger partial charge in [-0.2, -0.15) is 5.10 Å². The van der Waals surface area contributed by atoms with Crippen LogP contribution < -0.4 is 4.90 Å². The Morgan fingerprint density at radius 2 is 1.53 bits per heavy atom. The zero-order valence-corrected chi connectivity index (χ0v) is 10.8. The van der Waals surface area contributed by atoms with Crippen LogP contribution in [0.25, 0.3) is 0 Å². The Labute approximate surface area is 110 Å². The Morgan fingerprint density at radius 1 is 1.00 bits per heavy atom. The highest BCUT2D eigenvalue weighted by molar-refractivity contribution is 5.78. The van der Waals surface area contributed by atoms with Gasteiger partial charge in [0.05, 0.1) is 11.4 Å². The van der Waals surface area contributed by atoms with Crippen LogP contribution in [0.1, 0.15) is 25.2 Å². The molecular weight excluding hydrogens is 252 g/mol. The van der Waals surface area contributed by atoms with E-state index in [0.29, 0.717) is 18.5 Å². The van der Waals surface area contributed by atoms with E-state index in [1.807, 2.05) is 13.8 Å². The number of hydrogen-bond donors (Lipinski definition) is 2. The number of rotatable bonds is 7. The van der Waals surface area contributed by atoms with E-state index < -0.39 is 25.0 Å². The van der Waals surface area contributed by atoms with Gasteiger partial charge >= 0.3 is 11.9 Å². The normalized spacial score (nSPS) is 10.2. The van der Waals surface area contributed by atoms with Crippen LogP contribution in [0.2, 0.25) is 0 Å². The molecule has 0 radical (unpaired) electrons. The summed E-state index contributed by atoms with van der Waals surface area (Å²) in [5.74, 6) is -2.27. The molecule has 0 aliphatic rings. The van der Waals surface area contributed by atoms with Crippen LogP contribution in [0.3, 0.4) is 0 Å². The molecule has 0 aromatic carbocycles. The number of carbonyl (C=O) groups is 2. The molecule has 0 saturated heterocycles. The van der Waals surface area contributed by atoms with Gasteiger partial charge in [0.1, 0.15) is 13.1 Å². The number of carboxylic acids is 2. The molecule has 0 saturated carbocycles. The number of hydrogen-bond acceptors (Lipinski definition) is 6. The van der Waals surface area contributed by atoms with E-state index in [1.54, 1.807) is 0 Å². The summed E-state index contributed by atoms with van der Waals surface area (Å²) in [6, 6.07) is 0. The van der Waals surface area contributed by atoms with E-state index in [-0.39, 0.29) is 5.95 Å². The number of nitrogens with zero attached hydrogens (tertiary/aromatic N) is 4. The van der Waals surface area contributed by atoms with Crippen molar-refractivity contribution in [3.63, 3.8) is 0 Å². The van der Waals surface area contributed by atoms with Gasteiger partial charge in [-0.3, -0.25) is 9.59 Å². The monoisotopic (exact) mass is 268 g/mol. The second kappa shape index (κ2) is 6.62. The van der Waals surface area contributed by atoms with Crippen molar-refractivity contribution in [3.05, 3.63) is 11.4 Å². The summed E-state index contributed by atoms with van der Waals surface area (Å²) in [5, 5.41) is 25.3. The van der Waals surface area contributed by atoms with E-state index in [2.05, 4.69) is 15.2 Å². The number of anilines is 1. The van der Waals surface area contributed by atoms with E-state index in [9.17, 15) is 9.59 Å². The highest BCUT2D eigenvalue weighted by Gasteiger charge is 2.18. The van der Waals surface area contributed by atoms with Crippen molar-refractivity contribution in [2.45, 2.75) is 26.7 Å². The van der Waals surface area contributed by atoms with E-state index in [0.717, 1.165) is 10.6 Å². The summed E-state index contributed by atoms with van der Waals surface area (Å²) in [6.07, 6.45) is 1.29. The number of aromatic nitrogens is 3. The maximum absolute atomic E-state index is 10.7. The minimum atomic E-state index is -1.15. The second-order valence-corrected chi connectivity index (χ2v) is 3.86. The average Bonchev–Trinajstić information content (AvgIpc) is 2.36. The Balaban J connectivity index is 3.07. The van der Waals surface area contributed by atoms with Gasteiger partial charge in [0.15, 0.2) is 0 Å². The molecule has 1 aromatic heterocycles. The van der Waals surface area contributed by atoms with Gasteiger partial charge in [0.2, 0.25) is 5.95 Å². The van der Waals surface area contributed by atoms with Crippen LogP contribution in [0, 0.1) is 0 Å². The fourth-order valence-electron chi connectivity index (χ4n) is 1.59. The minimum absolute atomic E-state index is 0.0267. The lowest BCUT2D eigenvalue weighted by atomic mass is 10.2. The molecule has 19 heavy (non-hydrogen) atoms. The van der Waals surface area contributed by atoms with Gasteiger partial charge in [-0.15, -0.1) is 5.10 Å². The van der Waals surface area contributed by atoms with Crippen LogP contribution in [-0.2, 0) is 22.4 Å². The molecule has 0 unspecified atom stereocenters. The van der Waals surface area contributed by atoms with Crippen molar-refractivity contribution in [1.82, 2.24) is 15.2 Å². The third kappa shape index (κ3) is 4.16. The Bertz CT molecular complexity index is 462. The van der Waals surface area contributed by atoms with Crippen LogP contribution >= 0.6 is 0 Å². The molecule has 1 rings (SSSR count). The first kappa shape index (κ1) is 14.8. The smallest absolute Gasteiger partial charge is 0.323 e. The summed E-state index contributed by atoms with van der Waals surface area (Å²) in [7, 11) is 0. The minimum Gasteiger partial charge on any atom is -0.480 e. The molecule has 8 heteroatoms. The highest BCUT2D eigenvalue weighted by atomic mass is 16.4. The number of aliphatic carboxylic acids is 2. The molecule has 1 heterocycles. The number of carboxylic acid groups (broad SMARTS) is 2. The van der Waals surface area contributed by atoms with Crippen LogP contribution in [-0.4, -0.2) is 50.4 Å². The molecule has 0 fully saturated rings. The van der Waals surface area contributed by atoms with Gasteiger partial charge < -0.3 is 15.1 Å². The lowest BCUT2D eigenvalue weighted by Crippen LogP contribution is -2.36. The standard InChI is InChI=1S/C11H16N4O4/c1-3-7-8(4-2)13-14-11(12-7)15(5-9(16)17)6-10(18)19/h3-6H2,1-2H3,(H,16,17)(H,18,19). The van der Waals surface area contributed by atoms with Crippen molar-refractivity contribution in [3.8, 4) is 0 Å². The average molecular weight is 268 g/mol. The fraction of sp³-hybridized carbons (Fsp3) is 0.545. The molecule has 0 bridgehead atoms. The van der Waals surface area contributed by atoms with Gasteiger partial charge in [-0.25, -0.2) is 4.98 Å². The molecule has 0 atom stereocenters. The topological polar surface area (TPSA) is 117 Å². The van der Waals surface area contributed by atoms with Crippen LogP contribution in [0.5, 0.6) is 0 Å². The summed E-state index contributed by atoms with van der Waals surface area (Å²) in [5.41, 5.74) is 1.44. The molecular formula is C11H16N4O4. The lowest BCUT2D eigenvalue weighted by molar-refractivity contribution is -0.136. The molecule has 1 aromatic rings. The fourth-order valence-corrected chi connectivity index (χ4v) is 1.59. The molecule has 0 aliphatic heterocycles. The van der Waals surface area contributed by atoms with E-state index in [1.165, 1.54) is 0 Å². The SMILES string of the molecule is CCc1nnc(N(CC(=O)O)CC(=O)O)nc1CC. The third-order valence-corrected chi connectivity index (χ3v) is 2.43. The van der Waals surface area contributed by atoms with Crippen molar-refractivity contribution < 1.29 is 19.8 Å². The summed E-state index contributed by atoms with van der Waals surface area (Å²) < 4.78 is 0. The van der Waals surface area contributed by atoms with Crippen molar-refractivity contribution >= 4 is 17.9 Å². The second-order valence-electron chi connectivity index (χ2n) is 3.86. The summed E-state index contributed by atoms with van der Waals surface area (Å²) >= 11 is 0. The summed E-state index contributed by atoms with van der Waals surface area (Å²) in [6.45, 7) is 2.84. The third-order valence-electron chi connectivity index (χ3n) is 2.43. The lowest BCUT2D eigenvalue weighted by Gasteiger charge is -2.18. The van der Waals surface area contributed by atoms with Crippen LogP contribution in [0.4, 0.5) is 5.95 Å². The molecule has 0 aliphatic carbocycles. The Morgan fingerprint density at radius 3 is 1.95 bits per heavy atom. The first-order valence-electron chi connectivity index (χ1n) is 5.88. The highest BCUT2D eigenvalue weighted by Crippen LogP contribution is 2.10. The molecule has 104 valence electrons. The van der Waals surface area contributed by atoms with E-state index >= 15 is 0 Å². The van der Waals surface area contributed by atoms with Gasteiger partial charge in [-0.05, 0) is 12.8 Å². The van der Waals surface area contributed by atoms with Crippen molar-refractivity contribution in [1.29, 1.82) is 0 Å². The zero-order chi connectivity index (χ0) is 14.4. The molecule has 0 amide bonds. The van der Waals surface area contributed by atoms with Gasteiger partial charge in [-0.1, -0.05) is 13.8 Å². The largest absolute Gasteiger partial charge is 0.480 e.